The topological polar surface area (TPSA) is 37.3 Å². The van der Waals surface area contributed by atoms with Crippen molar-refractivity contribution in [3.63, 3.8) is 0 Å². The summed E-state index contributed by atoms with van der Waals surface area (Å²) in [6.07, 6.45) is 0. The molecule has 0 heterocycles. The number of benzene rings is 1. The Morgan fingerprint density at radius 3 is 2.23 bits per heavy atom. The Bertz CT molecular complexity index is 321. The molecule has 0 aliphatic rings. The number of carbonyl (C=O) groups is 1. The van der Waals surface area contributed by atoms with E-state index in [9.17, 15) is 4.79 Å². The third-order valence-electron chi connectivity index (χ3n) is 1.47. The molecule has 0 fully saturated rings. The van der Waals surface area contributed by atoms with Gasteiger partial charge in [0.15, 0.2) is 0 Å². The van der Waals surface area contributed by atoms with Gasteiger partial charge in [0.2, 0.25) is 0 Å². The summed E-state index contributed by atoms with van der Waals surface area (Å²) < 4.78 is 0. The predicted octanol–water partition coefficient (Wildman–Crippen LogP) is 3.51. The minimum absolute atomic E-state index is 0.344. The molecule has 0 amide bonds. The van der Waals surface area contributed by atoms with E-state index in [-0.39, 0.29) is 0 Å². The summed E-state index contributed by atoms with van der Waals surface area (Å²) in [5.41, 5.74) is 0.387. The molecule has 1 rings (SSSR count). The fourth-order valence-electron chi connectivity index (χ4n) is 0.876. The van der Waals surface area contributed by atoms with Crippen LogP contribution >= 0.6 is 39.1 Å². The Kier molecular flexibility index (Phi) is 3.59. The van der Waals surface area contributed by atoms with Crippen LogP contribution in [0.5, 0.6) is 0 Å². The summed E-state index contributed by atoms with van der Waals surface area (Å²) in [4.78, 5) is 9.77. The van der Waals surface area contributed by atoms with Crippen LogP contribution in [-0.2, 0) is 4.79 Å². The van der Waals surface area contributed by atoms with E-state index in [0.29, 0.717) is 15.6 Å². The minimum Gasteiger partial charge on any atom is -0.480 e. The molecule has 1 N–H and O–H groups in total. The van der Waals surface area contributed by atoms with Gasteiger partial charge in [-0.2, -0.15) is 0 Å². The van der Waals surface area contributed by atoms with Gasteiger partial charge >= 0.3 is 5.97 Å². The van der Waals surface area contributed by atoms with Gasteiger partial charge in [0.1, 0.15) is 4.83 Å². The quantitative estimate of drug-likeness (QED) is 0.844. The first kappa shape index (κ1) is 10.8. The third kappa shape index (κ3) is 2.36. The fraction of sp³-hybridized carbons (Fsp3) is 0.125. The number of alkyl halides is 1. The maximum atomic E-state index is 10.6. The van der Waals surface area contributed by atoms with Gasteiger partial charge < -0.3 is 5.11 Å². The number of rotatable bonds is 2. The molecule has 0 saturated carbocycles. The highest BCUT2D eigenvalue weighted by Crippen LogP contribution is 2.35. The lowest BCUT2D eigenvalue weighted by Gasteiger charge is -2.08. The average Bonchev–Trinajstić information content (AvgIpc) is 2.03. The van der Waals surface area contributed by atoms with Crippen molar-refractivity contribution in [2.75, 3.05) is 0 Å². The first-order valence-corrected chi connectivity index (χ1v) is 5.02. The van der Waals surface area contributed by atoms with E-state index >= 15 is 0 Å². The summed E-state index contributed by atoms with van der Waals surface area (Å²) in [6, 6.07) is 4.86. The van der Waals surface area contributed by atoms with Gasteiger partial charge in [0.25, 0.3) is 0 Å². The van der Waals surface area contributed by atoms with Crippen LogP contribution in [0.2, 0.25) is 10.0 Å². The second kappa shape index (κ2) is 4.31. The van der Waals surface area contributed by atoms with Gasteiger partial charge in [-0.25, -0.2) is 0 Å². The molecule has 1 aromatic carbocycles. The van der Waals surface area contributed by atoms with Crippen LogP contribution in [0, 0.1) is 0 Å². The summed E-state index contributed by atoms with van der Waals surface area (Å²) in [5, 5.41) is 9.41. The van der Waals surface area contributed by atoms with E-state index in [4.69, 9.17) is 28.3 Å². The highest BCUT2D eigenvalue weighted by molar-refractivity contribution is 9.09. The smallest absolute Gasteiger partial charge is 0.321 e. The van der Waals surface area contributed by atoms with Crippen molar-refractivity contribution in [3.8, 4) is 0 Å². The molecule has 0 radical (unpaired) electrons. The molecule has 1 aromatic rings. The van der Waals surface area contributed by atoms with Crippen LogP contribution in [0.25, 0.3) is 0 Å². The van der Waals surface area contributed by atoms with Crippen LogP contribution < -0.4 is 0 Å². The van der Waals surface area contributed by atoms with Gasteiger partial charge in [-0.05, 0) is 12.1 Å². The lowest BCUT2D eigenvalue weighted by molar-refractivity contribution is -0.136. The number of carboxylic acid groups (broad SMARTS) is 1. The molecule has 0 aromatic heterocycles. The number of halogens is 3. The second-order valence-electron chi connectivity index (χ2n) is 2.34. The first-order valence-electron chi connectivity index (χ1n) is 3.35. The highest BCUT2D eigenvalue weighted by Gasteiger charge is 2.21. The van der Waals surface area contributed by atoms with E-state index in [2.05, 4.69) is 15.9 Å². The van der Waals surface area contributed by atoms with Crippen molar-refractivity contribution in [2.24, 2.45) is 0 Å². The van der Waals surface area contributed by atoms with Gasteiger partial charge in [0.05, 0.1) is 0 Å². The molecule has 0 bridgehead atoms. The highest BCUT2D eigenvalue weighted by atomic mass is 79.9. The lowest BCUT2D eigenvalue weighted by Crippen LogP contribution is -2.05. The molecule has 0 saturated heterocycles. The van der Waals surface area contributed by atoms with Crippen LogP contribution in [0.1, 0.15) is 10.4 Å². The zero-order valence-electron chi connectivity index (χ0n) is 6.30. The summed E-state index contributed by atoms with van der Waals surface area (Å²) in [7, 11) is 0. The molecule has 70 valence electrons. The zero-order valence-corrected chi connectivity index (χ0v) is 9.40. The van der Waals surface area contributed by atoms with Crippen molar-refractivity contribution in [2.45, 2.75) is 4.83 Å². The summed E-state index contributed by atoms with van der Waals surface area (Å²) >= 11 is 14.6. The monoisotopic (exact) mass is 282 g/mol. The first-order chi connectivity index (χ1) is 6.04. The lowest BCUT2D eigenvalue weighted by atomic mass is 10.1. The van der Waals surface area contributed by atoms with E-state index in [0.717, 1.165) is 0 Å². The second-order valence-corrected chi connectivity index (χ2v) is 4.07. The molecule has 0 aliphatic heterocycles. The Hall–Kier alpha value is -0.250. The Morgan fingerprint density at radius 2 is 1.85 bits per heavy atom. The Labute approximate surface area is 93.6 Å². The molecule has 1 atom stereocenters. The van der Waals surface area contributed by atoms with Gasteiger partial charge in [0, 0.05) is 15.6 Å². The summed E-state index contributed by atoms with van der Waals surface area (Å²) in [6.45, 7) is 0. The molecule has 0 aliphatic carbocycles. The molecule has 2 nitrogen and oxygen atoms in total. The van der Waals surface area contributed by atoms with E-state index in [1.54, 1.807) is 18.2 Å². The van der Waals surface area contributed by atoms with Gasteiger partial charge in [-0.1, -0.05) is 45.2 Å². The van der Waals surface area contributed by atoms with E-state index in [1.807, 2.05) is 0 Å². The third-order valence-corrected chi connectivity index (χ3v) is 2.98. The van der Waals surface area contributed by atoms with Crippen LogP contribution in [-0.4, -0.2) is 11.1 Å². The van der Waals surface area contributed by atoms with Crippen molar-refractivity contribution >= 4 is 45.1 Å². The normalized spacial score (nSPS) is 12.5. The number of carboxylic acids is 1. The van der Waals surface area contributed by atoms with Crippen LogP contribution in [0.15, 0.2) is 18.2 Å². The number of hydrogen-bond acceptors (Lipinski definition) is 1. The molecule has 0 spiro atoms. The van der Waals surface area contributed by atoms with Crippen molar-refractivity contribution < 1.29 is 9.90 Å². The van der Waals surface area contributed by atoms with Crippen LogP contribution in [0.4, 0.5) is 0 Å². The van der Waals surface area contributed by atoms with Gasteiger partial charge in [-0.3, -0.25) is 4.79 Å². The van der Waals surface area contributed by atoms with Gasteiger partial charge in [-0.15, -0.1) is 0 Å². The molecular weight excluding hydrogens is 279 g/mol. The van der Waals surface area contributed by atoms with Crippen LogP contribution in [0.3, 0.4) is 0 Å². The molecule has 13 heavy (non-hydrogen) atoms. The SMILES string of the molecule is O=C(O)C(Br)c1c(Cl)cccc1Cl. The van der Waals surface area contributed by atoms with Crippen molar-refractivity contribution in [1.29, 1.82) is 0 Å². The Morgan fingerprint density at radius 1 is 1.38 bits per heavy atom. The Balaban J connectivity index is 3.20. The predicted molar refractivity (Wildman–Crippen MR) is 55.8 cm³/mol. The fourth-order valence-corrected chi connectivity index (χ4v) is 2.25. The van der Waals surface area contributed by atoms with Crippen molar-refractivity contribution in [3.05, 3.63) is 33.8 Å². The zero-order chi connectivity index (χ0) is 10.0. The molecule has 5 heteroatoms. The van der Waals surface area contributed by atoms with Crippen molar-refractivity contribution in [1.82, 2.24) is 0 Å². The summed E-state index contributed by atoms with van der Waals surface area (Å²) in [5.74, 6) is -1.02. The minimum atomic E-state index is -1.02. The number of hydrogen-bond donors (Lipinski definition) is 1. The molecule has 1 unspecified atom stereocenters. The average molecular weight is 284 g/mol. The maximum Gasteiger partial charge on any atom is 0.321 e. The standard InChI is InChI=1S/C8H5BrCl2O2/c9-7(8(12)13)6-4(10)2-1-3-5(6)11/h1-3,7H,(H,12,13). The maximum absolute atomic E-state index is 10.6. The largest absolute Gasteiger partial charge is 0.480 e. The molecular formula is C8H5BrCl2O2. The van der Waals surface area contributed by atoms with E-state index in [1.165, 1.54) is 0 Å². The van der Waals surface area contributed by atoms with E-state index < -0.39 is 10.8 Å². The number of aliphatic carboxylic acids is 1.